The van der Waals surface area contributed by atoms with E-state index in [0.717, 1.165) is 3.92 Å². The molecule has 0 heterocycles. The van der Waals surface area contributed by atoms with Crippen LogP contribution in [0.15, 0.2) is 0 Å². The van der Waals surface area contributed by atoms with Crippen LogP contribution in [0.1, 0.15) is 32.6 Å². The summed E-state index contributed by atoms with van der Waals surface area (Å²) in [6.07, 6.45) is 5.42. The molecular formula is C8H15I2. The molecule has 0 aliphatic rings. The van der Waals surface area contributed by atoms with Crippen LogP contribution in [0.5, 0.6) is 0 Å². The quantitative estimate of drug-likeness (QED) is 0.393. The molecular weight excluding hydrogens is 350 g/mol. The van der Waals surface area contributed by atoms with E-state index in [-0.39, 0.29) is 0 Å². The standard InChI is InChI=1S/C8H15I2/c1-3-4-5-6-8(10)7(2)9/h7-8H,2-6H2,1H3. The van der Waals surface area contributed by atoms with Crippen LogP contribution in [0.4, 0.5) is 0 Å². The molecule has 61 valence electrons. The molecule has 0 aromatic rings. The first-order valence-electron chi connectivity index (χ1n) is 3.79. The Morgan fingerprint density at radius 3 is 2.30 bits per heavy atom. The van der Waals surface area contributed by atoms with Crippen molar-refractivity contribution in [2.75, 3.05) is 0 Å². The second-order valence-electron chi connectivity index (χ2n) is 2.53. The maximum Gasteiger partial charge on any atom is 0.0228 e. The lowest BCUT2D eigenvalue weighted by atomic mass is 10.1. The van der Waals surface area contributed by atoms with Crippen LogP contribution < -0.4 is 0 Å². The van der Waals surface area contributed by atoms with Crippen LogP contribution in [0.25, 0.3) is 0 Å². The van der Waals surface area contributed by atoms with Crippen molar-refractivity contribution in [1.82, 2.24) is 0 Å². The van der Waals surface area contributed by atoms with Crippen LogP contribution in [-0.2, 0) is 0 Å². The summed E-state index contributed by atoms with van der Waals surface area (Å²) < 4.78 is 1.35. The topological polar surface area (TPSA) is 0 Å². The van der Waals surface area contributed by atoms with Crippen LogP contribution in [0, 0.1) is 6.92 Å². The highest BCUT2D eigenvalue weighted by molar-refractivity contribution is 14.1. The predicted octanol–water partition coefficient (Wildman–Crippen LogP) is 4.01. The Balaban J connectivity index is 3.13. The maximum absolute atomic E-state index is 4.00. The Kier molecular flexibility index (Phi) is 8.17. The van der Waals surface area contributed by atoms with E-state index in [9.17, 15) is 0 Å². The summed E-state index contributed by atoms with van der Waals surface area (Å²) in [6, 6.07) is 0. The van der Waals surface area contributed by atoms with Gasteiger partial charge < -0.3 is 0 Å². The van der Waals surface area contributed by atoms with E-state index in [1.54, 1.807) is 0 Å². The third-order valence-electron chi connectivity index (χ3n) is 1.48. The molecule has 0 saturated heterocycles. The fourth-order valence-electron chi connectivity index (χ4n) is 0.770. The fourth-order valence-corrected chi connectivity index (χ4v) is 1.57. The molecule has 0 nitrogen and oxygen atoms in total. The largest absolute Gasteiger partial charge is 0.0815 e. The monoisotopic (exact) mass is 365 g/mol. The minimum Gasteiger partial charge on any atom is -0.0815 e. The highest BCUT2D eigenvalue weighted by atomic mass is 127. The normalized spacial score (nSPS) is 16.8. The molecule has 0 aliphatic heterocycles. The van der Waals surface area contributed by atoms with E-state index in [1.807, 2.05) is 0 Å². The maximum atomic E-state index is 4.00. The van der Waals surface area contributed by atoms with Gasteiger partial charge in [0.2, 0.25) is 0 Å². The molecule has 1 radical (unpaired) electrons. The van der Waals surface area contributed by atoms with Crippen molar-refractivity contribution in [3.8, 4) is 0 Å². The zero-order valence-corrected chi connectivity index (χ0v) is 10.8. The van der Waals surface area contributed by atoms with Gasteiger partial charge in [0.05, 0.1) is 0 Å². The smallest absolute Gasteiger partial charge is 0.0228 e. The average Bonchev–Trinajstić information content (AvgIpc) is 1.88. The third kappa shape index (κ3) is 6.19. The van der Waals surface area contributed by atoms with Gasteiger partial charge >= 0.3 is 0 Å². The summed E-state index contributed by atoms with van der Waals surface area (Å²) in [5.41, 5.74) is 0. The zero-order chi connectivity index (χ0) is 7.98. The summed E-state index contributed by atoms with van der Waals surface area (Å²) in [7, 11) is 0. The number of hydrogen-bond acceptors (Lipinski definition) is 0. The first-order valence-corrected chi connectivity index (χ1v) is 6.28. The molecule has 2 heteroatoms. The number of alkyl halides is 2. The molecule has 0 rings (SSSR count). The molecule has 0 aromatic heterocycles. The fraction of sp³-hybridized carbons (Fsp3) is 0.875. The van der Waals surface area contributed by atoms with Crippen molar-refractivity contribution in [2.45, 2.75) is 40.5 Å². The first-order chi connectivity index (χ1) is 4.68. The highest BCUT2D eigenvalue weighted by Crippen LogP contribution is 2.20. The third-order valence-corrected chi connectivity index (χ3v) is 5.21. The van der Waals surface area contributed by atoms with Gasteiger partial charge in [-0.2, -0.15) is 0 Å². The summed E-state index contributed by atoms with van der Waals surface area (Å²) in [6.45, 7) is 6.24. The van der Waals surface area contributed by atoms with Gasteiger partial charge in [0.1, 0.15) is 0 Å². The minimum absolute atomic E-state index is 0.579. The second kappa shape index (κ2) is 7.13. The molecule has 2 unspecified atom stereocenters. The zero-order valence-electron chi connectivity index (χ0n) is 6.45. The Bertz CT molecular complexity index is 71.7. The van der Waals surface area contributed by atoms with Crippen LogP contribution in [0.3, 0.4) is 0 Å². The van der Waals surface area contributed by atoms with Crippen molar-refractivity contribution in [3.63, 3.8) is 0 Å². The lowest BCUT2D eigenvalue weighted by Crippen LogP contribution is -2.08. The lowest BCUT2D eigenvalue weighted by Gasteiger charge is -2.10. The number of hydrogen-bond donors (Lipinski definition) is 0. The molecule has 2 atom stereocenters. The van der Waals surface area contributed by atoms with E-state index in [0.29, 0.717) is 3.92 Å². The van der Waals surface area contributed by atoms with Crippen LogP contribution >= 0.6 is 45.2 Å². The predicted molar refractivity (Wildman–Crippen MR) is 65.1 cm³/mol. The van der Waals surface area contributed by atoms with E-state index >= 15 is 0 Å². The molecule has 0 amide bonds. The van der Waals surface area contributed by atoms with Gasteiger partial charge in [0.15, 0.2) is 0 Å². The number of rotatable bonds is 5. The number of unbranched alkanes of at least 4 members (excludes halogenated alkanes) is 2. The first kappa shape index (κ1) is 11.5. The van der Waals surface area contributed by atoms with E-state index in [2.05, 4.69) is 59.0 Å². The van der Waals surface area contributed by atoms with Crippen LogP contribution in [-0.4, -0.2) is 7.85 Å². The Labute approximate surface area is 91.8 Å². The van der Waals surface area contributed by atoms with Crippen molar-refractivity contribution in [1.29, 1.82) is 0 Å². The summed E-state index contributed by atoms with van der Waals surface area (Å²) in [5.74, 6) is 0. The molecule has 0 aromatic carbocycles. The Morgan fingerprint density at radius 2 is 1.90 bits per heavy atom. The van der Waals surface area contributed by atoms with Gasteiger partial charge in [0.25, 0.3) is 0 Å². The SMILES string of the molecule is [CH2]C(I)C(I)CCCCC. The van der Waals surface area contributed by atoms with Crippen molar-refractivity contribution < 1.29 is 0 Å². The van der Waals surface area contributed by atoms with Gasteiger partial charge in [-0.1, -0.05) is 71.4 Å². The minimum atomic E-state index is 0.579. The molecule has 10 heavy (non-hydrogen) atoms. The summed E-state index contributed by atoms with van der Waals surface area (Å²) >= 11 is 4.90. The molecule has 0 spiro atoms. The van der Waals surface area contributed by atoms with Gasteiger partial charge in [0, 0.05) is 7.85 Å². The Morgan fingerprint density at radius 1 is 1.30 bits per heavy atom. The lowest BCUT2D eigenvalue weighted by molar-refractivity contribution is 0.665. The van der Waals surface area contributed by atoms with Gasteiger partial charge in [-0.25, -0.2) is 0 Å². The van der Waals surface area contributed by atoms with Crippen LogP contribution in [0.2, 0.25) is 0 Å². The van der Waals surface area contributed by atoms with E-state index < -0.39 is 0 Å². The summed E-state index contributed by atoms with van der Waals surface area (Å²) in [4.78, 5) is 0. The highest BCUT2D eigenvalue weighted by Gasteiger charge is 2.08. The average molecular weight is 365 g/mol. The van der Waals surface area contributed by atoms with Crippen molar-refractivity contribution in [2.24, 2.45) is 0 Å². The molecule has 0 bridgehead atoms. The van der Waals surface area contributed by atoms with E-state index in [4.69, 9.17) is 0 Å². The second-order valence-corrected chi connectivity index (χ2v) is 5.73. The molecule has 0 saturated carbocycles. The van der Waals surface area contributed by atoms with Crippen molar-refractivity contribution in [3.05, 3.63) is 6.92 Å². The molecule has 0 aliphatic carbocycles. The van der Waals surface area contributed by atoms with Gasteiger partial charge in [-0.3, -0.25) is 0 Å². The van der Waals surface area contributed by atoms with Gasteiger partial charge in [-0.05, 0) is 13.3 Å². The van der Waals surface area contributed by atoms with Crippen molar-refractivity contribution >= 4 is 45.2 Å². The molecule has 0 fully saturated rings. The van der Waals surface area contributed by atoms with E-state index in [1.165, 1.54) is 25.7 Å². The number of halogens is 2. The molecule has 0 N–H and O–H groups in total. The van der Waals surface area contributed by atoms with Gasteiger partial charge in [-0.15, -0.1) is 0 Å². The summed E-state index contributed by atoms with van der Waals surface area (Å²) in [5, 5.41) is 0. The Hall–Kier alpha value is 1.46.